The van der Waals surface area contributed by atoms with Crippen molar-refractivity contribution >= 4 is 53.3 Å². The fraction of sp³-hybridized carbons (Fsp3) is 0.0714. The zero-order valence-corrected chi connectivity index (χ0v) is 36.3. The standard InChI is InChI=1S/C15H12N4.C9H10N2.C9H7N.C7H8N2O.CH3O.CH3.Al.ClH.H2N.Na/c1-2-11-6-8-12(9-7-11)14-17-15(19-18-14)13-5-3-4-10-16-13;1-2-7-3-5-8(6-4-7)9(10)11;1-2-8-3-5-9(7-10)6-4-8;8-5-7(10)6-3-1-2-4-9-6;1-2;;;;;/h2-10H,1H2,(H,17,18,19);2-6H,1H2,(H3,10,11);2-6H,1H2;1-4H,5,8H2;1H3;1H3;;1H;1H2;/q;;;;-1;;+2;;-1;+1/p-1. The molecule has 15 heteroatoms. The number of benzene rings is 3. The maximum absolute atomic E-state index is 10.8. The summed E-state index contributed by atoms with van der Waals surface area (Å²) in [4.78, 5) is 23.3. The van der Waals surface area contributed by atoms with Gasteiger partial charge in [-0.3, -0.25) is 25.3 Å². The smallest absolute Gasteiger partial charge is 0.857 e. The number of nitriles is 1. The van der Waals surface area contributed by atoms with E-state index in [1.807, 2.05) is 78.6 Å². The van der Waals surface area contributed by atoms with E-state index in [0.717, 1.165) is 40.6 Å². The molecule has 286 valence electrons. The maximum atomic E-state index is 10.8. The van der Waals surface area contributed by atoms with Gasteiger partial charge in [0.25, 0.3) is 0 Å². The second kappa shape index (κ2) is 30.8. The van der Waals surface area contributed by atoms with Crippen LogP contribution in [0.5, 0.6) is 0 Å². The first-order chi connectivity index (χ1) is 27.0. The number of H-pyrrole nitrogens is 1. The molecule has 3 aromatic carbocycles. The molecule has 0 saturated heterocycles. The molecule has 3 heterocycles. The summed E-state index contributed by atoms with van der Waals surface area (Å²) in [7, 11) is 5.94. The normalized spacial score (nSPS) is 8.86. The summed E-state index contributed by atoms with van der Waals surface area (Å²) in [5.41, 5.74) is 17.1. The van der Waals surface area contributed by atoms with E-state index in [2.05, 4.69) is 44.9 Å². The van der Waals surface area contributed by atoms with Crippen LogP contribution >= 0.6 is 10.0 Å². The molecule has 0 bridgehead atoms. The monoisotopic (exact) mass is 806 g/mol. The number of nitrogens with two attached hydrogens (primary N) is 3. The van der Waals surface area contributed by atoms with Crippen LogP contribution in [0, 0.1) is 16.7 Å². The number of halogens is 1. The quantitative estimate of drug-likeness (QED) is 0.0650. The van der Waals surface area contributed by atoms with Crippen LogP contribution in [-0.4, -0.2) is 63.9 Å². The summed E-state index contributed by atoms with van der Waals surface area (Å²) >= 11 is -1.17. The van der Waals surface area contributed by atoms with E-state index in [0.29, 0.717) is 22.9 Å². The van der Waals surface area contributed by atoms with E-state index < -0.39 is 13.4 Å². The molecule has 0 amide bonds. The average molecular weight is 807 g/mol. The first-order valence-corrected chi connectivity index (χ1v) is 20.3. The van der Waals surface area contributed by atoms with E-state index >= 15 is 0 Å². The number of rotatable bonds is 8. The summed E-state index contributed by atoms with van der Waals surface area (Å²) in [6, 6.07) is 35.5. The Morgan fingerprint density at radius 2 is 1.33 bits per heavy atom. The number of Topliss-reactive ketones (excluding diaryl/α,β-unsaturated/α-hetero) is 1. The number of nitrogens with one attached hydrogen (secondary N) is 2. The van der Waals surface area contributed by atoms with Crippen LogP contribution in [0.1, 0.15) is 38.3 Å². The summed E-state index contributed by atoms with van der Waals surface area (Å²) in [6.07, 6.45) is 8.62. The molecule has 0 atom stereocenters. The van der Waals surface area contributed by atoms with Crippen LogP contribution in [0.15, 0.2) is 141 Å². The van der Waals surface area contributed by atoms with Crippen molar-refractivity contribution in [3.63, 3.8) is 0 Å². The fourth-order valence-corrected chi connectivity index (χ4v) is 3.90. The van der Waals surface area contributed by atoms with Gasteiger partial charge >= 0.3 is 43.0 Å². The predicted molar refractivity (Wildman–Crippen MR) is 229 cm³/mol. The summed E-state index contributed by atoms with van der Waals surface area (Å²) in [5, 5.41) is 30.9. The number of aromatic nitrogens is 5. The molecular weight excluding hydrogens is 762 g/mol. The fourth-order valence-electron chi connectivity index (χ4n) is 3.90. The van der Waals surface area contributed by atoms with Gasteiger partial charge in [0.15, 0.2) is 17.4 Å². The molecule has 0 saturated carbocycles. The number of hydrogen-bond acceptors (Lipinski definition) is 10. The van der Waals surface area contributed by atoms with Crippen LogP contribution < -0.4 is 50.8 Å². The number of aromatic amines is 1. The number of carbonyl (C=O) groups is 1. The zero-order chi connectivity index (χ0) is 41.7. The van der Waals surface area contributed by atoms with Gasteiger partial charge in [-0.25, -0.2) is 15.0 Å². The molecule has 8 N–H and O–H groups in total. The van der Waals surface area contributed by atoms with Gasteiger partial charge in [-0.05, 0) is 53.1 Å². The van der Waals surface area contributed by atoms with Crippen molar-refractivity contribution in [1.82, 2.24) is 25.1 Å². The van der Waals surface area contributed by atoms with E-state index in [9.17, 15) is 4.79 Å². The zero-order valence-electron chi connectivity index (χ0n) is 32.3. The van der Waals surface area contributed by atoms with Gasteiger partial charge in [0, 0.05) is 23.5 Å². The van der Waals surface area contributed by atoms with Gasteiger partial charge in [0.2, 0.25) is 0 Å². The minimum atomic E-state index is -1.17. The first-order valence-electron chi connectivity index (χ1n) is 16.8. The van der Waals surface area contributed by atoms with Crippen molar-refractivity contribution in [3.8, 4) is 29.0 Å². The minimum absolute atomic E-state index is 0. The molecule has 0 fully saturated rings. The van der Waals surface area contributed by atoms with Crippen molar-refractivity contribution in [2.45, 2.75) is 5.79 Å². The van der Waals surface area contributed by atoms with Crippen molar-refractivity contribution in [3.05, 3.63) is 175 Å². The van der Waals surface area contributed by atoms with E-state index in [4.69, 9.17) is 42.0 Å². The molecule has 0 aliphatic rings. The second-order valence-corrected chi connectivity index (χ2v) is 14.2. The number of amidine groups is 1. The Bertz CT molecular complexity index is 2090. The number of pyridine rings is 2. The Morgan fingerprint density at radius 3 is 1.74 bits per heavy atom. The average Bonchev–Trinajstić information content (AvgIpc) is 3.76. The van der Waals surface area contributed by atoms with Crippen molar-refractivity contribution in [1.29, 1.82) is 10.7 Å². The number of carbonyl (C=O) groups excluding carboxylic acids is 1. The Hall–Kier alpha value is -5.35. The first kappa shape index (κ1) is 51.7. The third-order valence-electron chi connectivity index (χ3n) is 6.67. The van der Waals surface area contributed by atoms with Crippen LogP contribution in [0.4, 0.5) is 0 Å². The topological polar surface area (TPSA) is 233 Å². The SMILES string of the molecule is C=Cc1ccc(-c2n[nH]c(-c3ccccn3)n2)cc1.C=Cc1ccc(C#N)cc1.C=Cc1ccc(C(=N)N)cc1.C[O-].NCC(=O)c1ccccn1.[CH3][Al]([NH2])[Cl].[Na+]. The van der Waals surface area contributed by atoms with Gasteiger partial charge in [-0.15, -0.1) is 0 Å². The Kier molecular flexibility index (Phi) is 27.9. The Labute approximate surface area is 365 Å². The summed E-state index contributed by atoms with van der Waals surface area (Å²) in [5.74, 6) is 3.16. The van der Waals surface area contributed by atoms with Crippen molar-refractivity contribution < 1.29 is 39.5 Å². The predicted octanol–water partition coefficient (Wildman–Crippen LogP) is 3.50. The van der Waals surface area contributed by atoms with Gasteiger partial charge < -0.3 is 21.3 Å². The molecule has 6 rings (SSSR count). The molecule has 6 aromatic rings. The summed E-state index contributed by atoms with van der Waals surface area (Å²) < 4.78 is 5.02. The molecule has 0 unspecified atom stereocenters. The summed E-state index contributed by atoms with van der Waals surface area (Å²) in [6.45, 7) is 11.0. The van der Waals surface area contributed by atoms with E-state index in [-0.39, 0.29) is 47.7 Å². The molecular formula is C42H45AlClN10NaO2. The maximum Gasteiger partial charge on any atom is 1.00 e. The number of hydrogen-bond donors (Lipinski definition) is 5. The third-order valence-corrected chi connectivity index (χ3v) is 6.67. The second-order valence-electron chi connectivity index (χ2n) is 10.7. The van der Waals surface area contributed by atoms with Gasteiger partial charge in [0.1, 0.15) is 17.2 Å². The molecule has 12 nitrogen and oxygen atoms in total. The van der Waals surface area contributed by atoms with E-state index in [1.165, 1.54) is 0 Å². The van der Waals surface area contributed by atoms with Crippen LogP contribution in [-0.2, 0) is 0 Å². The molecule has 57 heavy (non-hydrogen) atoms. The van der Waals surface area contributed by atoms with Crippen LogP contribution in [0.2, 0.25) is 5.79 Å². The molecule has 0 aliphatic carbocycles. The third kappa shape index (κ3) is 20.9. The molecule has 0 aliphatic heterocycles. The molecule has 0 spiro atoms. The number of nitrogens with zero attached hydrogens (tertiary/aromatic N) is 5. The van der Waals surface area contributed by atoms with Gasteiger partial charge in [0.05, 0.1) is 18.2 Å². The molecule has 0 radical (unpaired) electrons. The van der Waals surface area contributed by atoms with Crippen LogP contribution in [0.25, 0.3) is 41.1 Å². The van der Waals surface area contributed by atoms with Gasteiger partial charge in [-0.2, -0.15) is 17.5 Å². The van der Waals surface area contributed by atoms with Gasteiger partial charge in [-0.1, -0.05) is 117 Å². The van der Waals surface area contributed by atoms with E-state index in [1.54, 1.807) is 73.1 Å². The van der Waals surface area contributed by atoms with Crippen LogP contribution in [0.3, 0.4) is 0 Å². The Morgan fingerprint density at radius 1 is 0.860 bits per heavy atom. The largest absolute Gasteiger partial charge is 1.00 e. The Balaban J connectivity index is 0.000000724. The number of nitrogen functional groups attached to an aromatic ring is 1. The van der Waals surface area contributed by atoms with Crippen molar-refractivity contribution in [2.24, 2.45) is 16.2 Å². The molecule has 3 aromatic heterocycles. The van der Waals surface area contributed by atoms with Crippen molar-refractivity contribution in [2.75, 3.05) is 13.7 Å². The minimum Gasteiger partial charge on any atom is -0.857 e. The number of ketones is 1.